The highest BCUT2D eigenvalue weighted by atomic mass is 79.9. The molecule has 15 heteroatoms. The Morgan fingerprint density at radius 1 is 0.875 bits per heavy atom. The van der Waals surface area contributed by atoms with Gasteiger partial charge in [0, 0.05) is 21.6 Å². The molecule has 0 heterocycles. The van der Waals surface area contributed by atoms with Crippen LogP contribution in [0.1, 0.15) is 24.5 Å². The molecule has 2 rings (SSSR count). The van der Waals surface area contributed by atoms with E-state index in [1.54, 1.807) is 0 Å². The Balaban J connectivity index is 2.96. The number of halogens is 8. The summed E-state index contributed by atoms with van der Waals surface area (Å²) in [7, 11) is 0. The minimum absolute atomic E-state index is 0.130. The Bertz CT molecular complexity index is 1050. The maximum atomic E-state index is 13.8. The van der Waals surface area contributed by atoms with Gasteiger partial charge < -0.3 is 4.90 Å². The summed E-state index contributed by atoms with van der Waals surface area (Å²) in [6.45, 7) is 1.24. The third-order valence-corrected chi connectivity index (χ3v) is 5.33. The molecule has 32 heavy (non-hydrogen) atoms. The summed E-state index contributed by atoms with van der Waals surface area (Å²) in [5, 5.41) is 22.6. The molecule has 7 nitrogen and oxygen atoms in total. The molecule has 0 aromatic heterocycles. The van der Waals surface area contributed by atoms with Gasteiger partial charge >= 0.3 is 12.4 Å². The van der Waals surface area contributed by atoms with Crippen LogP contribution in [0.15, 0.2) is 33.2 Å². The van der Waals surface area contributed by atoms with Crippen LogP contribution in [0.25, 0.3) is 0 Å². The molecule has 0 aliphatic carbocycles. The Kier molecular flexibility index (Phi) is 7.44. The van der Waals surface area contributed by atoms with Gasteiger partial charge in [-0.3, -0.25) is 20.2 Å². The lowest BCUT2D eigenvalue weighted by Crippen LogP contribution is -2.24. The number of nitrogens with zero attached hydrogens (tertiary/aromatic N) is 3. The monoisotopic (exact) mass is 593 g/mol. The second-order valence-corrected chi connectivity index (χ2v) is 8.02. The van der Waals surface area contributed by atoms with Crippen LogP contribution in [-0.4, -0.2) is 16.4 Å². The van der Waals surface area contributed by atoms with E-state index in [9.17, 15) is 46.6 Å². The van der Waals surface area contributed by atoms with E-state index in [1.807, 2.05) is 0 Å². The van der Waals surface area contributed by atoms with Crippen LogP contribution in [0.2, 0.25) is 0 Å². The van der Waals surface area contributed by atoms with Gasteiger partial charge in [0.15, 0.2) is 0 Å². The van der Waals surface area contributed by atoms with Crippen LogP contribution in [0, 0.1) is 20.2 Å². The van der Waals surface area contributed by atoms with Gasteiger partial charge in [0.05, 0.1) is 32.7 Å². The van der Waals surface area contributed by atoms with Crippen molar-refractivity contribution in [3.05, 3.63) is 64.6 Å². The molecule has 0 saturated carbocycles. The van der Waals surface area contributed by atoms with E-state index in [1.165, 1.54) is 6.92 Å². The van der Waals surface area contributed by atoms with Gasteiger partial charge in [0.2, 0.25) is 0 Å². The largest absolute Gasteiger partial charge is 0.418 e. The van der Waals surface area contributed by atoms with Crippen molar-refractivity contribution in [3.63, 3.8) is 0 Å². The van der Waals surface area contributed by atoms with Crippen LogP contribution in [0.5, 0.6) is 0 Å². The maximum Gasteiger partial charge on any atom is 0.418 e. The van der Waals surface area contributed by atoms with E-state index in [0.717, 1.165) is 4.90 Å². The summed E-state index contributed by atoms with van der Waals surface area (Å²) in [6, 6.07) is 1.76. The minimum atomic E-state index is -5.25. The van der Waals surface area contributed by atoms with Gasteiger partial charge in [-0.05, 0) is 50.4 Å². The lowest BCUT2D eigenvalue weighted by molar-refractivity contribution is -0.394. The summed E-state index contributed by atoms with van der Waals surface area (Å²) >= 11 is 5.80. The van der Waals surface area contributed by atoms with Crippen molar-refractivity contribution in [1.29, 1.82) is 0 Å². The molecule has 0 aliphatic rings. The van der Waals surface area contributed by atoms with E-state index in [0.29, 0.717) is 18.2 Å². The molecular weight excluding hydrogens is 584 g/mol. The number of benzene rings is 2. The Morgan fingerprint density at radius 2 is 1.41 bits per heavy atom. The van der Waals surface area contributed by atoms with Gasteiger partial charge in [-0.1, -0.05) is 6.92 Å². The molecule has 2 aromatic carbocycles. The molecule has 0 unspecified atom stereocenters. The zero-order valence-corrected chi connectivity index (χ0v) is 18.9. The fourth-order valence-corrected chi connectivity index (χ4v) is 4.51. The van der Waals surface area contributed by atoms with Crippen molar-refractivity contribution in [2.75, 3.05) is 11.4 Å². The molecule has 0 amide bonds. The number of nitro groups is 2. The van der Waals surface area contributed by atoms with Crippen LogP contribution in [-0.2, 0) is 12.4 Å². The smallest absolute Gasteiger partial charge is 0.334 e. The van der Waals surface area contributed by atoms with E-state index in [-0.39, 0.29) is 33.7 Å². The van der Waals surface area contributed by atoms with Gasteiger partial charge in [0.1, 0.15) is 5.69 Å². The van der Waals surface area contributed by atoms with Crippen LogP contribution < -0.4 is 4.90 Å². The first-order valence-corrected chi connectivity index (χ1v) is 10.1. The highest BCUT2D eigenvalue weighted by Crippen LogP contribution is 2.50. The summed E-state index contributed by atoms with van der Waals surface area (Å²) in [5.74, 6) is 0. The van der Waals surface area contributed by atoms with Crippen LogP contribution >= 0.6 is 31.9 Å². The highest BCUT2D eigenvalue weighted by Gasteiger charge is 2.42. The molecule has 0 bridgehead atoms. The van der Waals surface area contributed by atoms with Crippen molar-refractivity contribution in [2.24, 2.45) is 0 Å². The van der Waals surface area contributed by atoms with Crippen molar-refractivity contribution < 1.29 is 36.2 Å². The van der Waals surface area contributed by atoms with Crippen LogP contribution in [0.3, 0.4) is 0 Å². The second kappa shape index (κ2) is 9.21. The number of nitro benzene ring substituents is 2. The lowest BCUT2D eigenvalue weighted by Gasteiger charge is -2.29. The van der Waals surface area contributed by atoms with Crippen LogP contribution in [0.4, 0.5) is 49.1 Å². The normalized spacial score (nSPS) is 12.0. The van der Waals surface area contributed by atoms with Crippen molar-refractivity contribution >= 4 is 54.6 Å². The van der Waals surface area contributed by atoms with Crippen molar-refractivity contribution in [1.82, 2.24) is 0 Å². The summed E-state index contributed by atoms with van der Waals surface area (Å²) < 4.78 is 80.2. The first-order valence-electron chi connectivity index (χ1n) is 8.47. The molecular formula is C17H11Br2F6N3O4. The maximum absolute atomic E-state index is 13.8. The topological polar surface area (TPSA) is 89.5 Å². The molecule has 0 atom stereocenters. The van der Waals surface area contributed by atoms with Gasteiger partial charge in [-0.25, -0.2) is 0 Å². The van der Waals surface area contributed by atoms with Gasteiger partial charge in [-0.2, -0.15) is 26.3 Å². The zero-order valence-electron chi connectivity index (χ0n) is 15.7. The molecule has 0 radical (unpaired) electrons. The Morgan fingerprint density at radius 3 is 1.78 bits per heavy atom. The highest BCUT2D eigenvalue weighted by molar-refractivity contribution is 9.11. The number of hydrogen-bond donors (Lipinski definition) is 0. The average molecular weight is 595 g/mol. The van der Waals surface area contributed by atoms with Gasteiger partial charge in [-0.15, -0.1) is 0 Å². The molecule has 2 aromatic rings. The predicted molar refractivity (Wildman–Crippen MR) is 109 cm³/mol. The number of alkyl halides is 6. The van der Waals surface area contributed by atoms with E-state index < -0.39 is 50.4 Å². The van der Waals surface area contributed by atoms with E-state index in [4.69, 9.17) is 0 Å². The number of anilines is 2. The fraction of sp³-hybridized carbons (Fsp3) is 0.294. The number of hydrogen-bond acceptors (Lipinski definition) is 5. The molecule has 0 saturated heterocycles. The molecule has 0 spiro atoms. The van der Waals surface area contributed by atoms with Gasteiger partial charge in [0.25, 0.3) is 11.4 Å². The number of rotatable bonds is 6. The first kappa shape index (κ1) is 25.8. The quantitative estimate of drug-likeness (QED) is 0.195. The Labute approximate surface area is 192 Å². The molecule has 0 fully saturated rings. The van der Waals surface area contributed by atoms with Crippen molar-refractivity contribution in [2.45, 2.75) is 25.7 Å². The standard InChI is InChI=1S/C17H11Br2F6N3O4/c1-2-3-26(15-11(18)4-8(5-12(15)19)16(20,21)22)14-10(17(23,24)25)6-9(27(29)30)7-13(14)28(31)32/h4-7H,2-3H2,1H3. The first-order chi connectivity index (χ1) is 14.6. The second-order valence-electron chi connectivity index (χ2n) is 6.31. The zero-order chi connectivity index (χ0) is 24.6. The third kappa shape index (κ3) is 5.31. The Hall–Kier alpha value is -2.42. The minimum Gasteiger partial charge on any atom is -0.334 e. The number of non-ortho nitro benzene ring substituents is 1. The third-order valence-electron chi connectivity index (χ3n) is 4.12. The van der Waals surface area contributed by atoms with E-state index >= 15 is 0 Å². The van der Waals surface area contributed by atoms with Crippen molar-refractivity contribution in [3.8, 4) is 0 Å². The fourth-order valence-electron chi connectivity index (χ4n) is 2.89. The predicted octanol–water partition coefficient (Wildman–Crippen LogP) is 7.61. The summed E-state index contributed by atoms with van der Waals surface area (Å²) in [6.07, 6.45) is -9.88. The average Bonchev–Trinajstić information content (AvgIpc) is 2.64. The molecule has 0 N–H and O–H groups in total. The van der Waals surface area contributed by atoms with E-state index in [2.05, 4.69) is 31.9 Å². The molecule has 174 valence electrons. The molecule has 0 aliphatic heterocycles. The summed E-state index contributed by atoms with van der Waals surface area (Å²) in [5.41, 5.74) is -6.46. The summed E-state index contributed by atoms with van der Waals surface area (Å²) in [4.78, 5) is 21.0. The SMILES string of the molecule is CCCN(c1c(Br)cc(C(F)(F)F)cc1Br)c1c([N+](=O)[O-])cc([N+](=O)[O-])cc1C(F)(F)F. The lowest BCUT2D eigenvalue weighted by atomic mass is 10.1.